The van der Waals surface area contributed by atoms with Gasteiger partial charge in [-0.3, -0.25) is 0 Å². The highest BCUT2D eigenvalue weighted by Crippen LogP contribution is 2.44. The number of nitrogens with one attached hydrogen (secondary N) is 1. The van der Waals surface area contributed by atoms with E-state index < -0.39 is 0 Å². The molecule has 0 bridgehead atoms. The Morgan fingerprint density at radius 3 is 2.48 bits per heavy atom. The van der Waals surface area contributed by atoms with Crippen molar-refractivity contribution in [1.29, 1.82) is 0 Å². The monoisotopic (exact) mass is 363 g/mol. The van der Waals surface area contributed by atoms with Gasteiger partial charge in [-0.1, -0.05) is 54.6 Å². The maximum absolute atomic E-state index is 6.05. The topological polar surface area (TPSA) is 30.5 Å². The highest BCUT2D eigenvalue weighted by molar-refractivity contribution is 5.93. The van der Waals surface area contributed by atoms with Gasteiger partial charge >= 0.3 is 0 Å². The van der Waals surface area contributed by atoms with Gasteiger partial charge in [-0.2, -0.15) is 0 Å². The number of anilines is 1. The summed E-state index contributed by atoms with van der Waals surface area (Å²) >= 11 is 0. The Kier molecular flexibility index (Phi) is 5.71. The van der Waals surface area contributed by atoms with E-state index in [1.165, 1.54) is 11.1 Å². The van der Waals surface area contributed by atoms with Gasteiger partial charge in [0.05, 0.1) is 31.0 Å². The van der Waals surface area contributed by atoms with E-state index in [2.05, 4.69) is 56.4 Å². The van der Waals surface area contributed by atoms with Crippen LogP contribution in [0.5, 0.6) is 5.75 Å². The summed E-state index contributed by atoms with van der Waals surface area (Å²) in [4.78, 5) is 0. The lowest BCUT2D eigenvalue weighted by Gasteiger charge is -2.35. The van der Waals surface area contributed by atoms with E-state index in [-0.39, 0.29) is 11.6 Å². The van der Waals surface area contributed by atoms with Gasteiger partial charge < -0.3 is 14.8 Å². The Hall–Kier alpha value is -2.52. The first-order valence-electron chi connectivity index (χ1n) is 9.47. The average molecular weight is 364 g/mol. The van der Waals surface area contributed by atoms with Gasteiger partial charge in [0.25, 0.3) is 0 Å². The van der Waals surface area contributed by atoms with Crippen LogP contribution in [0.3, 0.4) is 0 Å². The van der Waals surface area contributed by atoms with Crippen LogP contribution < -0.4 is 10.1 Å². The molecule has 142 valence electrons. The molecule has 1 N–H and O–H groups in total. The van der Waals surface area contributed by atoms with Crippen LogP contribution in [0, 0.1) is 0 Å². The predicted octanol–water partition coefficient (Wildman–Crippen LogP) is 5.93. The molecule has 2 aromatic carbocycles. The highest BCUT2D eigenvalue weighted by atomic mass is 16.5. The fourth-order valence-electron chi connectivity index (χ4n) is 3.57. The van der Waals surface area contributed by atoms with Gasteiger partial charge in [0.15, 0.2) is 0 Å². The zero-order valence-corrected chi connectivity index (χ0v) is 16.9. The molecule has 0 spiro atoms. The molecule has 1 heterocycles. The molecule has 1 aliphatic rings. The van der Waals surface area contributed by atoms with Gasteiger partial charge in [0.2, 0.25) is 0 Å². The van der Waals surface area contributed by atoms with Crippen LogP contribution in [0.2, 0.25) is 0 Å². The SMILES string of the molecule is C/C=C/COC(C)C1=CC(C)(C)Nc2c1cccc2-c1ccccc1OC. The Morgan fingerprint density at radius 1 is 1.04 bits per heavy atom. The fraction of sp³-hybridized carbons (Fsp3) is 0.333. The molecule has 1 aliphatic heterocycles. The Labute approximate surface area is 162 Å². The van der Waals surface area contributed by atoms with Crippen LogP contribution in [-0.2, 0) is 4.74 Å². The second-order valence-corrected chi connectivity index (χ2v) is 7.42. The summed E-state index contributed by atoms with van der Waals surface area (Å²) < 4.78 is 11.7. The van der Waals surface area contributed by atoms with Gasteiger partial charge in [-0.05, 0) is 39.3 Å². The summed E-state index contributed by atoms with van der Waals surface area (Å²) in [5.41, 5.74) is 5.60. The molecule has 3 nitrogen and oxygen atoms in total. The molecule has 0 aliphatic carbocycles. The van der Waals surface area contributed by atoms with E-state index in [0.29, 0.717) is 6.61 Å². The van der Waals surface area contributed by atoms with E-state index in [0.717, 1.165) is 22.6 Å². The first kappa shape index (κ1) is 19.2. The van der Waals surface area contributed by atoms with E-state index in [1.807, 2.05) is 37.3 Å². The molecule has 0 aromatic heterocycles. The van der Waals surface area contributed by atoms with E-state index in [9.17, 15) is 0 Å². The smallest absolute Gasteiger partial charge is 0.126 e. The lowest BCUT2D eigenvalue weighted by Crippen LogP contribution is -2.34. The van der Waals surface area contributed by atoms with Crippen LogP contribution in [0.25, 0.3) is 16.7 Å². The standard InChI is InChI=1S/C24H29NO2/c1-6-7-15-27-17(2)21-16-24(3,4)25-23-19(12-10-13-20(21)23)18-11-8-9-14-22(18)26-5/h6-14,16-17,25H,15H2,1-5H3/b7-6+. The third-order valence-corrected chi connectivity index (χ3v) is 4.85. The van der Waals surface area contributed by atoms with Crippen molar-refractivity contribution in [2.24, 2.45) is 0 Å². The van der Waals surface area contributed by atoms with Crippen LogP contribution in [0.15, 0.2) is 60.7 Å². The minimum Gasteiger partial charge on any atom is -0.496 e. The molecule has 27 heavy (non-hydrogen) atoms. The second-order valence-electron chi connectivity index (χ2n) is 7.42. The summed E-state index contributed by atoms with van der Waals surface area (Å²) in [6, 6.07) is 14.6. The number of methoxy groups -OCH3 is 1. The molecule has 1 atom stereocenters. The average Bonchev–Trinajstić information content (AvgIpc) is 2.66. The zero-order valence-electron chi connectivity index (χ0n) is 16.9. The number of hydrogen-bond donors (Lipinski definition) is 1. The first-order chi connectivity index (χ1) is 13.0. The first-order valence-corrected chi connectivity index (χ1v) is 9.47. The van der Waals surface area contributed by atoms with Crippen LogP contribution >= 0.6 is 0 Å². The van der Waals surface area contributed by atoms with Crippen molar-refractivity contribution in [1.82, 2.24) is 0 Å². The number of rotatable bonds is 6. The van der Waals surface area contributed by atoms with Crippen molar-refractivity contribution < 1.29 is 9.47 Å². The van der Waals surface area contributed by atoms with Crippen molar-refractivity contribution in [3.05, 3.63) is 66.3 Å². The largest absolute Gasteiger partial charge is 0.496 e. The second kappa shape index (κ2) is 8.01. The Balaban J connectivity index is 2.09. The lowest BCUT2D eigenvalue weighted by molar-refractivity contribution is 0.129. The third kappa shape index (κ3) is 4.09. The molecular weight excluding hydrogens is 334 g/mol. The molecule has 0 radical (unpaired) electrons. The minimum atomic E-state index is -0.168. The van der Waals surface area contributed by atoms with E-state index in [4.69, 9.17) is 9.47 Å². The number of fused-ring (bicyclic) bond motifs is 1. The van der Waals surface area contributed by atoms with Gasteiger partial charge in [-0.25, -0.2) is 0 Å². The number of hydrogen-bond acceptors (Lipinski definition) is 3. The molecule has 3 heteroatoms. The Morgan fingerprint density at radius 2 is 1.74 bits per heavy atom. The summed E-state index contributed by atoms with van der Waals surface area (Å²) in [6.07, 6.45) is 6.34. The maximum atomic E-state index is 6.05. The number of benzene rings is 2. The van der Waals surface area contributed by atoms with Crippen molar-refractivity contribution in [2.45, 2.75) is 39.3 Å². The molecular formula is C24H29NO2. The molecule has 3 rings (SSSR count). The summed E-state index contributed by atoms with van der Waals surface area (Å²) in [5.74, 6) is 0.874. The number of para-hydroxylation sites is 2. The van der Waals surface area contributed by atoms with E-state index >= 15 is 0 Å². The van der Waals surface area contributed by atoms with Crippen molar-refractivity contribution >= 4 is 11.3 Å². The summed E-state index contributed by atoms with van der Waals surface area (Å²) in [7, 11) is 1.72. The van der Waals surface area contributed by atoms with Crippen molar-refractivity contribution in [3.63, 3.8) is 0 Å². The number of allylic oxidation sites excluding steroid dienone is 1. The number of ether oxygens (including phenoxy) is 2. The zero-order chi connectivity index (χ0) is 19.4. The molecule has 2 aromatic rings. The van der Waals surface area contributed by atoms with Gasteiger partial charge in [0.1, 0.15) is 5.75 Å². The third-order valence-electron chi connectivity index (χ3n) is 4.85. The van der Waals surface area contributed by atoms with Gasteiger partial charge in [-0.15, -0.1) is 0 Å². The molecule has 0 amide bonds. The van der Waals surface area contributed by atoms with E-state index in [1.54, 1.807) is 7.11 Å². The minimum absolute atomic E-state index is 0.00856. The fourth-order valence-corrected chi connectivity index (χ4v) is 3.57. The molecule has 0 fully saturated rings. The van der Waals surface area contributed by atoms with Crippen LogP contribution in [0.4, 0.5) is 5.69 Å². The maximum Gasteiger partial charge on any atom is 0.126 e. The summed E-state index contributed by atoms with van der Waals surface area (Å²) in [6.45, 7) is 9.12. The van der Waals surface area contributed by atoms with Gasteiger partial charge in [0, 0.05) is 16.7 Å². The Bertz CT molecular complexity index is 864. The molecule has 0 saturated carbocycles. The molecule has 1 unspecified atom stereocenters. The van der Waals surface area contributed by atoms with Crippen molar-refractivity contribution in [3.8, 4) is 16.9 Å². The molecule has 0 saturated heterocycles. The highest BCUT2D eigenvalue weighted by Gasteiger charge is 2.29. The lowest BCUT2D eigenvalue weighted by atomic mass is 9.85. The van der Waals surface area contributed by atoms with Crippen molar-refractivity contribution in [2.75, 3.05) is 19.0 Å². The van der Waals surface area contributed by atoms with Crippen LogP contribution in [0.1, 0.15) is 33.3 Å². The summed E-state index contributed by atoms with van der Waals surface area (Å²) in [5, 5.41) is 3.71. The predicted molar refractivity (Wildman–Crippen MR) is 114 cm³/mol. The normalized spacial score (nSPS) is 16.4. The quantitative estimate of drug-likeness (QED) is 0.645. The van der Waals surface area contributed by atoms with Crippen LogP contribution in [-0.4, -0.2) is 25.4 Å².